The Hall–Kier alpha value is -2.70. The lowest BCUT2D eigenvalue weighted by molar-refractivity contribution is -0.116. The summed E-state index contributed by atoms with van der Waals surface area (Å²) in [6, 6.07) is 4.62. The van der Waals surface area contributed by atoms with Gasteiger partial charge in [-0.1, -0.05) is 6.07 Å². The van der Waals surface area contributed by atoms with Gasteiger partial charge in [-0.05, 0) is 24.6 Å². The van der Waals surface area contributed by atoms with Crippen LogP contribution in [0, 0.1) is 6.92 Å². The van der Waals surface area contributed by atoms with E-state index in [9.17, 15) is 9.59 Å². The van der Waals surface area contributed by atoms with Crippen LogP contribution in [0.15, 0.2) is 30.9 Å². The van der Waals surface area contributed by atoms with E-state index in [0.29, 0.717) is 12.2 Å². The summed E-state index contributed by atoms with van der Waals surface area (Å²) in [6.45, 7) is 2.22. The van der Waals surface area contributed by atoms with Crippen LogP contribution in [-0.4, -0.2) is 31.7 Å². The molecule has 0 spiro atoms. The number of carbonyl (C=O) groups is 2. The Morgan fingerprint density at radius 1 is 1.40 bits per heavy atom. The van der Waals surface area contributed by atoms with Crippen LogP contribution in [0.5, 0.6) is 0 Å². The zero-order chi connectivity index (χ0) is 14.5. The highest BCUT2D eigenvalue weighted by molar-refractivity contribution is 5.94. The Balaban J connectivity index is 2.00. The summed E-state index contributed by atoms with van der Waals surface area (Å²) < 4.78 is 1.56. The lowest BCUT2D eigenvalue weighted by Crippen LogP contribution is -2.15. The molecular formula is C13H14N4O3. The molecule has 0 aliphatic rings. The zero-order valence-corrected chi connectivity index (χ0v) is 10.9. The number of benzene rings is 1. The number of rotatable bonds is 5. The van der Waals surface area contributed by atoms with E-state index in [1.165, 1.54) is 24.8 Å². The van der Waals surface area contributed by atoms with Gasteiger partial charge >= 0.3 is 5.97 Å². The van der Waals surface area contributed by atoms with Gasteiger partial charge in [0.25, 0.3) is 0 Å². The van der Waals surface area contributed by atoms with Crippen LogP contribution in [-0.2, 0) is 11.3 Å². The fourth-order valence-electron chi connectivity index (χ4n) is 1.67. The maximum Gasteiger partial charge on any atom is 0.335 e. The zero-order valence-electron chi connectivity index (χ0n) is 10.9. The molecule has 0 saturated carbocycles. The second kappa shape index (κ2) is 5.96. The molecule has 20 heavy (non-hydrogen) atoms. The summed E-state index contributed by atoms with van der Waals surface area (Å²) in [7, 11) is 0. The van der Waals surface area contributed by atoms with Gasteiger partial charge in [0.1, 0.15) is 12.7 Å². The van der Waals surface area contributed by atoms with Crippen molar-refractivity contribution < 1.29 is 14.7 Å². The standard InChI is InChI=1S/C13H14N4O3/c1-9-2-3-10(13(19)20)6-11(9)16-12(18)4-5-17-8-14-7-15-17/h2-3,6-8H,4-5H2,1H3,(H,16,18)(H,19,20). The smallest absolute Gasteiger partial charge is 0.335 e. The van der Waals surface area contributed by atoms with Crippen LogP contribution in [0.4, 0.5) is 5.69 Å². The Bertz CT molecular complexity index is 623. The average Bonchev–Trinajstić information content (AvgIpc) is 2.92. The normalized spacial score (nSPS) is 10.2. The number of carboxylic acid groups (broad SMARTS) is 1. The molecule has 0 atom stereocenters. The van der Waals surface area contributed by atoms with Crippen molar-refractivity contribution >= 4 is 17.6 Å². The Kier molecular flexibility index (Phi) is 4.09. The monoisotopic (exact) mass is 274 g/mol. The molecule has 1 amide bonds. The van der Waals surface area contributed by atoms with E-state index >= 15 is 0 Å². The van der Waals surface area contributed by atoms with Gasteiger partial charge in [-0.3, -0.25) is 9.48 Å². The molecule has 1 aromatic heterocycles. The first-order valence-electron chi connectivity index (χ1n) is 6.02. The maximum absolute atomic E-state index is 11.8. The van der Waals surface area contributed by atoms with Crippen molar-refractivity contribution in [1.29, 1.82) is 0 Å². The molecule has 2 rings (SSSR count). The molecule has 104 valence electrons. The first-order chi connectivity index (χ1) is 9.56. The first kappa shape index (κ1) is 13.7. The summed E-state index contributed by atoms with van der Waals surface area (Å²) in [5.74, 6) is -1.23. The van der Waals surface area contributed by atoms with Crippen molar-refractivity contribution in [2.75, 3.05) is 5.32 Å². The second-order valence-electron chi connectivity index (χ2n) is 4.29. The minimum Gasteiger partial charge on any atom is -0.478 e. The van der Waals surface area contributed by atoms with E-state index in [1.807, 2.05) is 0 Å². The molecule has 1 heterocycles. The van der Waals surface area contributed by atoms with Gasteiger partial charge in [0.15, 0.2) is 0 Å². The van der Waals surface area contributed by atoms with Gasteiger partial charge in [-0.15, -0.1) is 0 Å². The molecule has 0 fully saturated rings. The number of anilines is 1. The summed E-state index contributed by atoms with van der Waals surface area (Å²) in [5, 5.41) is 15.5. The van der Waals surface area contributed by atoms with Crippen LogP contribution >= 0.6 is 0 Å². The van der Waals surface area contributed by atoms with E-state index in [2.05, 4.69) is 15.4 Å². The summed E-state index contributed by atoms with van der Waals surface area (Å²) in [6.07, 6.45) is 3.17. The largest absolute Gasteiger partial charge is 0.478 e. The van der Waals surface area contributed by atoms with Crippen molar-refractivity contribution in [2.24, 2.45) is 0 Å². The molecule has 0 radical (unpaired) electrons. The number of nitrogens with zero attached hydrogens (tertiary/aromatic N) is 3. The predicted octanol–water partition coefficient (Wildman–Crippen LogP) is 1.31. The fourth-order valence-corrected chi connectivity index (χ4v) is 1.67. The van der Waals surface area contributed by atoms with Gasteiger partial charge in [-0.25, -0.2) is 9.78 Å². The van der Waals surface area contributed by atoms with Crippen LogP contribution in [0.3, 0.4) is 0 Å². The molecule has 2 N–H and O–H groups in total. The van der Waals surface area contributed by atoms with Crippen molar-refractivity contribution in [3.63, 3.8) is 0 Å². The fraction of sp³-hybridized carbons (Fsp3) is 0.231. The molecule has 2 aromatic rings. The number of carbonyl (C=O) groups excluding carboxylic acids is 1. The molecule has 1 aromatic carbocycles. The van der Waals surface area contributed by atoms with Crippen molar-refractivity contribution in [1.82, 2.24) is 14.8 Å². The third-order valence-electron chi connectivity index (χ3n) is 2.79. The minimum atomic E-state index is -1.02. The number of hydrogen-bond donors (Lipinski definition) is 2. The van der Waals surface area contributed by atoms with Crippen LogP contribution in [0.1, 0.15) is 22.3 Å². The number of aryl methyl sites for hydroxylation is 2. The van der Waals surface area contributed by atoms with Gasteiger partial charge < -0.3 is 10.4 Å². The number of aromatic nitrogens is 3. The predicted molar refractivity (Wildman–Crippen MR) is 71.4 cm³/mol. The number of amides is 1. The third-order valence-corrected chi connectivity index (χ3v) is 2.79. The lowest BCUT2D eigenvalue weighted by atomic mass is 10.1. The first-order valence-corrected chi connectivity index (χ1v) is 6.02. The van der Waals surface area contributed by atoms with Crippen LogP contribution in [0.2, 0.25) is 0 Å². The van der Waals surface area contributed by atoms with Gasteiger partial charge in [0.2, 0.25) is 5.91 Å². The molecule has 0 bridgehead atoms. The molecule has 0 aliphatic heterocycles. The SMILES string of the molecule is Cc1ccc(C(=O)O)cc1NC(=O)CCn1cncn1. The molecule has 0 aliphatic carbocycles. The Morgan fingerprint density at radius 3 is 2.85 bits per heavy atom. The summed E-state index contributed by atoms with van der Waals surface area (Å²) in [4.78, 5) is 26.5. The molecule has 0 unspecified atom stereocenters. The third kappa shape index (κ3) is 3.41. The highest BCUT2D eigenvalue weighted by Gasteiger charge is 2.09. The van der Waals surface area contributed by atoms with E-state index < -0.39 is 5.97 Å². The maximum atomic E-state index is 11.8. The molecule has 7 heteroatoms. The topological polar surface area (TPSA) is 97.1 Å². The van der Waals surface area contributed by atoms with Gasteiger partial charge in [-0.2, -0.15) is 5.10 Å². The van der Waals surface area contributed by atoms with Crippen LogP contribution in [0.25, 0.3) is 0 Å². The van der Waals surface area contributed by atoms with E-state index in [-0.39, 0.29) is 17.9 Å². The van der Waals surface area contributed by atoms with E-state index in [1.54, 1.807) is 17.7 Å². The molecule has 0 saturated heterocycles. The van der Waals surface area contributed by atoms with Crippen LogP contribution < -0.4 is 5.32 Å². The lowest BCUT2D eigenvalue weighted by Gasteiger charge is -2.09. The Morgan fingerprint density at radius 2 is 2.20 bits per heavy atom. The quantitative estimate of drug-likeness (QED) is 0.856. The summed E-state index contributed by atoms with van der Waals surface area (Å²) in [5.41, 5.74) is 1.46. The van der Waals surface area contributed by atoms with Crippen molar-refractivity contribution in [3.05, 3.63) is 42.0 Å². The number of aromatic carboxylic acids is 1. The van der Waals surface area contributed by atoms with Gasteiger partial charge in [0, 0.05) is 12.1 Å². The highest BCUT2D eigenvalue weighted by Crippen LogP contribution is 2.17. The molecular weight excluding hydrogens is 260 g/mol. The van der Waals surface area contributed by atoms with E-state index in [4.69, 9.17) is 5.11 Å². The number of hydrogen-bond acceptors (Lipinski definition) is 4. The highest BCUT2D eigenvalue weighted by atomic mass is 16.4. The summed E-state index contributed by atoms with van der Waals surface area (Å²) >= 11 is 0. The van der Waals surface area contributed by atoms with E-state index in [0.717, 1.165) is 5.56 Å². The minimum absolute atomic E-state index is 0.141. The number of nitrogens with one attached hydrogen (secondary N) is 1. The average molecular weight is 274 g/mol. The molecule has 7 nitrogen and oxygen atoms in total. The van der Waals surface area contributed by atoms with Gasteiger partial charge in [0.05, 0.1) is 12.1 Å². The Labute approximate surface area is 115 Å². The van der Waals surface area contributed by atoms with Crippen molar-refractivity contribution in [2.45, 2.75) is 19.9 Å². The second-order valence-corrected chi connectivity index (χ2v) is 4.29. The number of carboxylic acids is 1. The van der Waals surface area contributed by atoms with Crippen molar-refractivity contribution in [3.8, 4) is 0 Å².